The van der Waals surface area contributed by atoms with Crippen LogP contribution in [0.25, 0.3) is 0 Å². The number of aromatic nitrogens is 1. The minimum atomic E-state index is -0.435. The number of hydrogen-bond donors (Lipinski definition) is 1. The second-order valence-electron chi connectivity index (χ2n) is 4.39. The van der Waals surface area contributed by atoms with Gasteiger partial charge in [0.15, 0.2) is 0 Å². The quantitative estimate of drug-likeness (QED) is 0.910. The van der Waals surface area contributed by atoms with Crippen LogP contribution in [-0.4, -0.2) is 18.0 Å². The Morgan fingerprint density at radius 1 is 1.50 bits per heavy atom. The van der Waals surface area contributed by atoms with Crippen LogP contribution >= 0.6 is 15.9 Å². The highest BCUT2D eigenvalue weighted by Crippen LogP contribution is 2.31. The zero-order valence-corrected chi connectivity index (χ0v) is 11.4. The zero-order valence-electron chi connectivity index (χ0n) is 9.80. The number of pyridine rings is 1. The third kappa shape index (κ3) is 2.95. The Bertz CT molecular complexity index is 399. The lowest BCUT2D eigenvalue weighted by Crippen LogP contribution is -2.27. The summed E-state index contributed by atoms with van der Waals surface area (Å²) in [5, 5.41) is 2.82. The van der Waals surface area contributed by atoms with Crippen LogP contribution in [-0.2, 0) is 4.79 Å². The summed E-state index contributed by atoms with van der Waals surface area (Å²) in [6.45, 7) is 5.57. The van der Waals surface area contributed by atoms with E-state index in [0.717, 1.165) is 0 Å². The van der Waals surface area contributed by atoms with Crippen LogP contribution < -0.4 is 10.1 Å². The van der Waals surface area contributed by atoms with E-state index in [1.165, 1.54) is 7.11 Å². The molecule has 0 saturated heterocycles. The van der Waals surface area contributed by atoms with Gasteiger partial charge in [0.05, 0.1) is 12.8 Å². The third-order valence-corrected chi connectivity index (χ3v) is 2.75. The first kappa shape index (κ1) is 13.0. The Hall–Kier alpha value is -1.10. The van der Waals surface area contributed by atoms with E-state index in [0.29, 0.717) is 16.0 Å². The lowest BCUT2D eigenvalue weighted by atomic mass is 9.95. The number of carbonyl (C=O) groups excluding carboxylic acids is 1. The Morgan fingerprint density at radius 3 is 2.62 bits per heavy atom. The SMILES string of the molecule is COc1nccc(NC(=O)C(C)(C)C)c1Br. The number of halogens is 1. The van der Waals surface area contributed by atoms with E-state index in [1.807, 2.05) is 20.8 Å². The van der Waals surface area contributed by atoms with Crippen molar-refractivity contribution in [3.05, 3.63) is 16.7 Å². The summed E-state index contributed by atoms with van der Waals surface area (Å²) in [6.07, 6.45) is 1.59. The zero-order chi connectivity index (χ0) is 12.3. The van der Waals surface area contributed by atoms with Gasteiger partial charge in [-0.1, -0.05) is 20.8 Å². The van der Waals surface area contributed by atoms with Crippen LogP contribution in [0, 0.1) is 5.41 Å². The first-order chi connectivity index (χ1) is 7.36. The highest BCUT2D eigenvalue weighted by Gasteiger charge is 2.22. The fourth-order valence-corrected chi connectivity index (χ4v) is 1.47. The van der Waals surface area contributed by atoms with Gasteiger partial charge in [0, 0.05) is 11.6 Å². The molecule has 0 bridgehead atoms. The number of anilines is 1. The molecule has 1 heterocycles. The number of nitrogens with zero attached hydrogens (tertiary/aromatic N) is 1. The Labute approximate surface area is 104 Å². The Kier molecular flexibility index (Phi) is 3.91. The lowest BCUT2D eigenvalue weighted by Gasteiger charge is -2.18. The monoisotopic (exact) mass is 286 g/mol. The topological polar surface area (TPSA) is 51.2 Å². The average Bonchev–Trinajstić information content (AvgIpc) is 2.19. The van der Waals surface area contributed by atoms with Crippen molar-refractivity contribution in [3.8, 4) is 5.88 Å². The van der Waals surface area contributed by atoms with Gasteiger partial charge in [-0.2, -0.15) is 0 Å². The second kappa shape index (κ2) is 4.82. The fourth-order valence-electron chi connectivity index (χ4n) is 0.973. The van der Waals surface area contributed by atoms with Crippen LogP contribution in [0.1, 0.15) is 20.8 Å². The molecule has 5 heteroatoms. The van der Waals surface area contributed by atoms with E-state index >= 15 is 0 Å². The Balaban J connectivity index is 2.94. The first-order valence-corrected chi connectivity index (χ1v) is 5.65. The van der Waals surface area contributed by atoms with Crippen molar-refractivity contribution in [2.24, 2.45) is 5.41 Å². The molecule has 0 fully saturated rings. The molecule has 16 heavy (non-hydrogen) atoms. The van der Waals surface area contributed by atoms with E-state index in [2.05, 4.69) is 26.2 Å². The van der Waals surface area contributed by atoms with Crippen molar-refractivity contribution in [3.63, 3.8) is 0 Å². The highest BCUT2D eigenvalue weighted by atomic mass is 79.9. The van der Waals surface area contributed by atoms with E-state index in [-0.39, 0.29) is 5.91 Å². The second-order valence-corrected chi connectivity index (χ2v) is 5.18. The van der Waals surface area contributed by atoms with Crippen LogP contribution in [0.2, 0.25) is 0 Å². The minimum Gasteiger partial charge on any atom is -0.480 e. The number of hydrogen-bond acceptors (Lipinski definition) is 3. The van der Waals surface area contributed by atoms with E-state index < -0.39 is 5.41 Å². The van der Waals surface area contributed by atoms with Crippen LogP contribution in [0.5, 0.6) is 5.88 Å². The predicted octanol–water partition coefficient (Wildman–Crippen LogP) is 2.84. The predicted molar refractivity (Wildman–Crippen MR) is 66.6 cm³/mol. The number of ether oxygens (including phenoxy) is 1. The molecule has 88 valence electrons. The summed E-state index contributed by atoms with van der Waals surface area (Å²) in [7, 11) is 1.53. The highest BCUT2D eigenvalue weighted by molar-refractivity contribution is 9.10. The molecule has 1 aromatic heterocycles. The lowest BCUT2D eigenvalue weighted by molar-refractivity contribution is -0.123. The number of carbonyl (C=O) groups is 1. The molecule has 0 saturated carbocycles. The maximum atomic E-state index is 11.8. The first-order valence-electron chi connectivity index (χ1n) is 4.86. The van der Waals surface area contributed by atoms with Crippen molar-refractivity contribution in [2.45, 2.75) is 20.8 Å². The van der Waals surface area contributed by atoms with Crippen molar-refractivity contribution >= 4 is 27.5 Å². The van der Waals surface area contributed by atoms with Crippen molar-refractivity contribution in [2.75, 3.05) is 12.4 Å². The molecule has 0 unspecified atom stereocenters. The maximum absolute atomic E-state index is 11.8. The number of rotatable bonds is 2. The third-order valence-electron chi connectivity index (χ3n) is 1.98. The van der Waals surface area contributed by atoms with Gasteiger partial charge in [-0.15, -0.1) is 0 Å². The van der Waals surface area contributed by atoms with Crippen LogP contribution in [0.4, 0.5) is 5.69 Å². The van der Waals surface area contributed by atoms with Gasteiger partial charge in [0.2, 0.25) is 11.8 Å². The molecule has 1 rings (SSSR count). The fraction of sp³-hybridized carbons (Fsp3) is 0.455. The van der Waals surface area contributed by atoms with Crippen molar-refractivity contribution < 1.29 is 9.53 Å². The molecule has 0 radical (unpaired) electrons. The average molecular weight is 287 g/mol. The van der Waals surface area contributed by atoms with Crippen LogP contribution in [0.15, 0.2) is 16.7 Å². The number of methoxy groups -OCH3 is 1. The summed E-state index contributed by atoms with van der Waals surface area (Å²) < 4.78 is 5.69. The van der Waals surface area contributed by atoms with E-state index in [4.69, 9.17) is 4.74 Å². The van der Waals surface area contributed by atoms with Gasteiger partial charge in [-0.25, -0.2) is 4.98 Å². The smallest absolute Gasteiger partial charge is 0.229 e. The van der Waals surface area contributed by atoms with Gasteiger partial charge in [0.25, 0.3) is 0 Å². The van der Waals surface area contributed by atoms with Gasteiger partial charge in [0.1, 0.15) is 4.47 Å². The molecule has 1 amide bonds. The van der Waals surface area contributed by atoms with Gasteiger partial charge in [-0.3, -0.25) is 4.79 Å². The molecule has 0 atom stereocenters. The molecular formula is C11H15BrN2O2. The maximum Gasteiger partial charge on any atom is 0.229 e. The molecule has 0 aliphatic heterocycles. The molecule has 0 spiro atoms. The summed E-state index contributed by atoms with van der Waals surface area (Å²) >= 11 is 3.33. The summed E-state index contributed by atoms with van der Waals surface area (Å²) in [5.41, 5.74) is 0.224. The molecule has 0 aliphatic carbocycles. The molecule has 0 aromatic carbocycles. The van der Waals surface area contributed by atoms with Gasteiger partial charge < -0.3 is 10.1 Å². The van der Waals surface area contributed by atoms with Gasteiger partial charge >= 0.3 is 0 Å². The molecule has 4 nitrogen and oxygen atoms in total. The largest absolute Gasteiger partial charge is 0.480 e. The molecular weight excluding hydrogens is 272 g/mol. The number of amides is 1. The van der Waals surface area contributed by atoms with E-state index in [1.54, 1.807) is 12.3 Å². The molecule has 0 aliphatic rings. The van der Waals surface area contributed by atoms with E-state index in [9.17, 15) is 4.79 Å². The molecule has 1 aromatic rings. The normalized spacial score (nSPS) is 11.1. The van der Waals surface area contributed by atoms with Gasteiger partial charge in [-0.05, 0) is 22.0 Å². The molecule has 1 N–H and O–H groups in total. The van der Waals surface area contributed by atoms with Crippen molar-refractivity contribution in [1.82, 2.24) is 4.98 Å². The summed E-state index contributed by atoms with van der Waals surface area (Å²) in [6, 6.07) is 1.72. The van der Waals surface area contributed by atoms with Crippen molar-refractivity contribution in [1.29, 1.82) is 0 Å². The summed E-state index contributed by atoms with van der Waals surface area (Å²) in [5.74, 6) is 0.396. The number of nitrogens with one attached hydrogen (secondary N) is 1. The summed E-state index contributed by atoms with van der Waals surface area (Å²) in [4.78, 5) is 15.8. The van der Waals surface area contributed by atoms with Crippen LogP contribution in [0.3, 0.4) is 0 Å². The minimum absolute atomic E-state index is 0.0542. The Morgan fingerprint density at radius 2 is 2.12 bits per heavy atom. The standard InChI is InChI=1S/C11H15BrN2O2/c1-11(2,3)10(15)14-7-5-6-13-9(16-4)8(7)12/h5-6H,1-4H3,(H,13,14,15).